The van der Waals surface area contributed by atoms with E-state index in [9.17, 15) is 18.4 Å². The molecule has 0 aliphatic heterocycles. The average Bonchev–Trinajstić information content (AvgIpc) is 2.59. The number of nitrogens with one attached hydrogen (secondary N) is 2. The Morgan fingerprint density at radius 3 is 2.19 bits per heavy atom. The van der Waals surface area contributed by atoms with Gasteiger partial charge in [-0.15, -0.1) is 0 Å². The molecule has 2 amide bonds. The summed E-state index contributed by atoms with van der Waals surface area (Å²) in [6.07, 6.45) is 2.37. The lowest BCUT2D eigenvalue weighted by Crippen LogP contribution is -2.50. The van der Waals surface area contributed by atoms with Crippen LogP contribution >= 0.6 is 0 Å². The van der Waals surface area contributed by atoms with Crippen LogP contribution in [-0.2, 0) is 10.2 Å². The number of hydrogen-bond acceptors (Lipinski definition) is 2. The minimum Gasteiger partial charge on any atom is -0.354 e. The van der Waals surface area contributed by atoms with Crippen LogP contribution in [0.4, 0.5) is 8.78 Å². The Kier molecular flexibility index (Phi) is 5.30. The first kappa shape index (κ1) is 18.0. The molecule has 2 aromatic carbocycles. The van der Waals surface area contributed by atoms with Gasteiger partial charge in [0.05, 0.1) is 11.0 Å². The van der Waals surface area contributed by atoms with Crippen molar-refractivity contribution in [3.05, 3.63) is 71.3 Å². The topological polar surface area (TPSA) is 58.2 Å². The van der Waals surface area contributed by atoms with E-state index >= 15 is 0 Å². The van der Waals surface area contributed by atoms with Crippen LogP contribution in [0.1, 0.15) is 35.2 Å². The van der Waals surface area contributed by atoms with E-state index in [1.807, 2.05) is 0 Å². The fourth-order valence-corrected chi connectivity index (χ4v) is 3.21. The van der Waals surface area contributed by atoms with Crippen LogP contribution in [-0.4, -0.2) is 24.9 Å². The maximum absolute atomic E-state index is 13.5. The smallest absolute Gasteiger partial charge is 0.254 e. The van der Waals surface area contributed by atoms with Crippen molar-refractivity contribution in [3.8, 4) is 0 Å². The number of carbonyl (C=O) groups excluding carboxylic acids is 2. The van der Waals surface area contributed by atoms with Crippen LogP contribution < -0.4 is 10.6 Å². The number of halogens is 2. The van der Waals surface area contributed by atoms with E-state index in [0.29, 0.717) is 12.8 Å². The third-order valence-electron chi connectivity index (χ3n) is 4.85. The van der Waals surface area contributed by atoms with Crippen LogP contribution in [0.3, 0.4) is 0 Å². The van der Waals surface area contributed by atoms with Gasteiger partial charge in [0.1, 0.15) is 11.6 Å². The van der Waals surface area contributed by atoms with Gasteiger partial charge in [-0.3, -0.25) is 9.59 Å². The number of amides is 2. The minimum atomic E-state index is -0.622. The first-order chi connectivity index (χ1) is 12.5. The van der Waals surface area contributed by atoms with Gasteiger partial charge in [-0.1, -0.05) is 30.7 Å². The number of benzene rings is 2. The molecule has 2 aromatic rings. The summed E-state index contributed by atoms with van der Waals surface area (Å²) in [6.45, 7) is 0.431. The van der Waals surface area contributed by atoms with Gasteiger partial charge in [0, 0.05) is 13.1 Å². The fraction of sp³-hybridized carbons (Fsp3) is 0.300. The summed E-state index contributed by atoms with van der Waals surface area (Å²) in [5.74, 6) is -1.57. The summed E-state index contributed by atoms with van der Waals surface area (Å²) >= 11 is 0. The molecule has 0 unspecified atom stereocenters. The molecule has 0 bridgehead atoms. The molecule has 1 fully saturated rings. The summed E-state index contributed by atoms with van der Waals surface area (Å²) in [7, 11) is 0. The normalized spacial score (nSPS) is 15.0. The van der Waals surface area contributed by atoms with Crippen molar-refractivity contribution in [3.63, 3.8) is 0 Å². The molecular formula is C20H20F2N2O2. The third-order valence-corrected chi connectivity index (χ3v) is 4.85. The number of hydrogen-bond donors (Lipinski definition) is 2. The maximum atomic E-state index is 13.5. The lowest BCUT2D eigenvalue weighted by Gasteiger charge is -2.40. The van der Waals surface area contributed by atoms with Crippen molar-refractivity contribution in [1.29, 1.82) is 0 Å². The van der Waals surface area contributed by atoms with Crippen molar-refractivity contribution in [2.75, 3.05) is 13.1 Å². The molecule has 4 nitrogen and oxygen atoms in total. The van der Waals surface area contributed by atoms with E-state index in [-0.39, 0.29) is 30.4 Å². The van der Waals surface area contributed by atoms with E-state index in [0.717, 1.165) is 12.0 Å². The Balaban J connectivity index is 1.53. The minimum absolute atomic E-state index is 0.0272. The van der Waals surface area contributed by atoms with Gasteiger partial charge in [0.25, 0.3) is 5.91 Å². The quantitative estimate of drug-likeness (QED) is 0.780. The molecular weight excluding hydrogens is 338 g/mol. The molecule has 6 heteroatoms. The molecule has 2 N–H and O–H groups in total. The van der Waals surface area contributed by atoms with Gasteiger partial charge in [0.2, 0.25) is 5.91 Å². The molecule has 1 saturated carbocycles. The van der Waals surface area contributed by atoms with Gasteiger partial charge in [-0.25, -0.2) is 8.78 Å². The Labute approximate surface area is 150 Å². The standard InChI is InChI=1S/C20H20F2N2O2/c21-15-8-6-14(7-9-15)20(10-3-11-20)19(26)24-13-12-23-18(25)16-4-1-2-5-17(16)22/h1-2,4-9H,3,10-13H2,(H,23,25)(H,24,26). The zero-order chi connectivity index (χ0) is 18.6. The summed E-state index contributed by atoms with van der Waals surface area (Å²) in [5, 5.41) is 5.41. The summed E-state index contributed by atoms with van der Waals surface area (Å²) in [4.78, 5) is 24.6. The van der Waals surface area contributed by atoms with Gasteiger partial charge in [-0.05, 0) is 42.7 Å². The number of carbonyl (C=O) groups is 2. The van der Waals surface area contributed by atoms with Crippen molar-refractivity contribution < 1.29 is 18.4 Å². The highest BCUT2D eigenvalue weighted by Crippen LogP contribution is 2.43. The van der Waals surface area contributed by atoms with E-state index < -0.39 is 17.1 Å². The van der Waals surface area contributed by atoms with Crippen LogP contribution in [0.25, 0.3) is 0 Å². The van der Waals surface area contributed by atoms with Crippen molar-refractivity contribution >= 4 is 11.8 Å². The Morgan fingerprint density at radius 2 is 1.58 bits per heavy atom. The maximum Gasteiger partial charge on any atom is 0.254 e. The van der Waals surface area contributed by atoms with Crippen LogP contribution in [0.15, 0.2) is 48.5 Å². The Hall–Kier alpha value is -2.76. The lowest BCUT2D eigenvalue weighted by atomic mass is 9.64. The molecule has 3 rings (SSSR count). The summed E-state index contributed by atoms with van der Waals surface area (Å²) in [6, 6.07) is 11.7. The van der Waals surface area contributed by atoms with E-state index in [1.165, 1.54) is 30.3 Å². The second-order valence-corrected chi connectivity index (χ2v) is 6.43. The molecule has 26 heavy (non-hydrogen) atoms. The van der Waals surface area contributed by atoms with Gasteiger partial charge >= 0.3 is 0 Å². The Morgan fingerprint density at radius 1 is 0.923 bits per heavy atom. The lowest BCUT2D eigenvalue weighted by molar-refractivity contribution is -0.129. The molecule has 0 radical (unpaired) electrons. The number of rotatable bonds is 6. The molecule has 136 valence electrons. The first-order valence-electron chi connectivity index (χ1n) is 8.60. The third kappa shape index (κ3) is 3.59. The summed E-state index contributed by atoms with van der Waals surface area (Å²) < 4.78 is 26.7. The van der Waals surface area contributed by atoms with Crippen LogP contribution in [0, 0.1) is 11.6 Å². The predicted molar refractivity (Wildman–Crippen MR) is 93.7 cm³/mol. The molecule has 0 aromatic heterocycles. The Bertz CT molecular complexity index is 802. The SMILES string of the molecule is O=C(NCCNC(=O)C1(c2ccc(F)cc2)CCC1)c1ccccc1F. The molecule has 0 heterocycles. The zero-order valence-corrected chi connectivity index (χ0v) is 14.2. The van der Waals surface area contributed by atoms with Crippen LogP contribution in [0.2, 0.25) is 0 Å². The molecule has 1 aliphatic carbocycles. The first-order valence-corrected chi connectivity index (χ1v) is 8.60. The van der Waals surface area contributed by atoms with Crippen molar-refractivity contribution in [2.45, 2.75) is 24.7 Å². The highest BCUT2D eigenvalue weighted by atomic mass is 19.1. The predicted octanol–water partition coefficient (Wildman–Crippen LogP) is 2.93. The molecule has 0 spiro atoms. The average molecular weight is 358 g/mol. The zero-order valence-electron chi connectivity index (χ0n) is 14.2. The van der Waals surface area contributed by atoms with Gasteiger partial charge in [-0.2, -0.15) is 0 Å². The fourth-order valence-electron chi connectivity index (χ4n) is 3.21. The van der Waals surface area contributed by atoms with Crippen molar-refractivity contribution in [2.24, 2.45) is 0 Å². The highest BCUT2D eigenvalue weighted by Gasteiger charge is 2.45. The largest absolute Gasteiger partial charge is 0.354 e. The van der Waals surface area contributed by atoms with Gasteiger partial charge < -0.3 is 10.6 Å². The summed E-state index contributed by atoms with van der Waals surface area (Å²) in [5.41, 5.74) is 0.155. The molecule has 1 aliphatic rings. The van der Waals surface area contributed by atoms with E-state index in [2.05, 4.69) is 10.6 Å². The van der Waals surface area contributed by atoms with Gasteiger partial charge in [0.15, 0.2) is 0 Å². The van der Waals surface area contributed by atoms with E-state index in [4.69, 9.17) is 0 Å². The van der Waals surface area contributed by atoms with Crippen LogP contribution in [0.5, 0.6) is 0 Å². The molecule has 0 atom stereocenters. The molecule has 0 saturated heterocycles. The monoisotopic (exact) mass is 358 g/mol. The van der Waals surface area contributed by atoms with Crippen molar-refractivity contribution in [1.82, 2.24) is 10.6 Å². The van der Waals surface area contributed by atoms with E-state index in [1.54, 1.807) is 18.2 Å². The highest BCUT2D eigenvalue weighted by molar-refractivity contribution is 5.94. The second kappa shape index (κ2) is 7.64. The second-order valence-electron chi connectivity index (χ2n) is 6.43.